The van der Waals surface area contributed by atoms with Crippen LogP contribution in [0.15, 0.2) is 58.5 Å². The van der Waals surface area contributed by atoms with E-state index >= 15 is 0 Å². The summed E-state index contributed by atoms with van der Waals surface area (Å²) in [5.41, 5.74) is 2.72. The van der Waals surface area contributed by atoms with E-state index in [9.17, 15) is 8.42 Å². The van der Waals surface area contributed by atoms with E-state index in [1.165, 1.54) is 12.8 Å². The van der Waals surface area contributed by atoms with Crippen molar-refractivity contribution in [3.63, 3.8) is 0 Å². The number of hydrogen-bond acceptors (Lipinski definition) is 4. The summed E-state index contributed by atoms with van der Waals surface area (Å²) in [6.45, 7) is 6.18. The van der Waals surface area contributed by atoms with Crippen LogP contribution < -0.4 is 14.6 Å². The lowest BCUT2D eigenvalue weighted by molar-refractivity contribution is -0.347. The van der Waals surface area contributed by atoms with Gasteiger partial charge in [0.05, 0.1) is 22.6 Å². The molecule has 0 saturated carbocycles. The Kier molecular flexibility index (Phi) is 5.95. The van der Waals surface area contributed by atoms with E-state index < -0.39 is 9.84 Å². The molecule has 1 aromatic heterocycles. The summed E-state index contributed by atoms with van der Waals surface area (Å²) in [5, 5.41) is 0.885. The maximum Gasteiger partial charge on any atom is 0.214 e. The number of hydrogen-bond donors (Lipinski definition) is 0. The number of rotatable bonds is 5. The Morgan fingerprint density at radius 1 is 1.00 bits per heavy atom. The second-order valence-corrected chi connectivity index (χ2v) is 9.78. The zero-order valence-electron chi connectivity index (χ0n) is 17.6. The average molecular weight is 426 g/mol. The summed E-state index contributed by atoms with van der Waals surface area (Å²) < 4.78 is 33.1. The fraction of sp³-hybridized carbons (Fsp3) is 0.375. The molecule has 0 spiro atoms. The highest BCUT2D eigenvalue weighted by atomic mass is 32.2. The van der Waals surface area contributed by atoms with E-state index in [0.29, 0.717) is 16.4 Å². The third-order valence-electron chi connectivity index (χ3n) is 5.69. The predicted molar refractivity (Wildman–Crippen MR) is 119 cm³/mol. The predicted octanol–water partition coefficient (Wildman–Crippen LogP) is 4.57. The van der Waals surface area contributed by atoms with Gasteiger partial charge in [-0.2, -0.15) is 0 Å². The summed E-state index contributed by atoms with van der Waals surface area (Å²) in [4.78, 5) is 6.11. The van der Waals surface area contributed by atoms with Crippen LogP contribution in [0.2, 0.25) is 0 Å². The van der Waals surface area contributed by atoms with Gasteiger partial charge in [-0.15, -0.1) is 0 Å². The van der Waals surface area contributed by atoms with Crippen molar-refractivity contribution in [2.24, 2.45) is 0 Å². The number of anilines is 1. The van der Waals surface area contributed by atoms with Crippen molar-refractivity contribution in [1.29, 1.82) is 0 Å². The molecule has 6 heteroatoms. The maximum atomic E-state index is 13.7. The van der Waals surface area contributed by atoms with Crippen molar-refractivity contribution >= 4 is 26.4 Å². The lowest BCUT2D eigenvalue weighted by Crippen LogP contribution is -2.27. The molecule has 0 atom stereocenters. The molecule has 0 radical (unpaired) electrons. The molecule has 4 rings (SSSR count). The fourth-order valence-corrected chi connectivity index (χ4v) is 5.57. The molecule has 3 aromatic rings. The third kappa shape index (κ3) is 4.01. The van der Waals surface area contributed by atoms with E-state index in [1.54, 1.807) is 18.3 Å². The highest BCUT2D eigenvalue weighted by Crippen LogP contribution is 2.37. The second-order valence-electron chi connectivity index (χ2n) is 7.86. The van der Waals surface area contributed by atoms with Crippen molar-refractivity contribution in [3.8, 4) is 5.75 Å². The highest BCUT2D eigenvalue weighted by molar-refractivity contribution is 7.91. The number of sulfone groups is 1. The molecule has 1 aliphatic heterocycles. The minimum atomic E-state index is -3.68. The topological polar surface area (TPSA) is 60.8 Å². The van der Waals surface area contributed by atoms with Crippen molar-refractivity contribution in [3.05, 3.63) is 54.2 Å². The first-order chi connectivity index (χ1) is 14.5. The van der Waals surface area contributed by atoms with Crippen molar-refractivity contribution < 1.29 is 18.1 Å². The molecule has 0 aliphatic carbocycles. The number of benzene rings is 2. The molecule has 0 unspecified atom stereocenters. The first kappa shape index (κ1) is 20.7. The molecule has 158 valence electrons. The van der Waals surface area contributed by atoms with Gasteiger partial charge in [-0.3, -0.25) is 0 Å². The largest absolute Gasteiger partial charge is 0.494 e. The van der Waals surface area contributed by atoms with E-state index in [4.69, 9.17) is 4.74 Å². The lowest BCUT2D eigenvalue weighted by Gasteiger charge is -2.25. The van der Waals surface area contributed by atoms with Gasteiger partial charge in [-0.25, -0.2) is 13.4 Å². The van der Waals surface area contributed by atoms with Crippen LogP contribution in [0.25, 0.3) is 10.9 Å². The van der Waals surface area contributed by atoms with Crippen LogP contribution >= 0.6 is 0 Å². The Hall–Kier alpha value is -2.60. The molecule has 2 heterocycles. The smallest absolute Gasteiger partial charge is 0.214 e. The van der Waals surface area contributed by atoms with Gasteiger partial charge in [0.2, 0.25) is 15.4 Å². The Balaban J connectivity index is 1.95. The normalized spacial score (nSPS) is 15.2. The van der Waals surface area contributed by atoms with E-state index in [-0.39, 0.29) is 0 Å². The number of fused-ring (bicyclic) bond motifs is 1. The van der Waals surface area contributed by atoms with Gasteiger partial charge in [0.25, 0.3) is 0 Å². The van der Waals surface area contributed by atoms with Crippen LogP contribution in [0.5, 0.6) is 5.75 Å². The molecule has 2 aromatic carbocycles. The number of ether oxygens (including phenoxy) is 1. The number of nitrogens with one attached hydrogen (secondary N) is 1. The number of H-pyrrole nitrogens is 1. The van der Waals surface area contributed by atoms with Gasteiger partial charge in [0, 0.05) is 19.2 Å². The van der Waals surface area contributed by atoms with Crippen molar-refractivity contribution in [2.45, 2.75) is 49.3 Å². The fourth-order valence-electron chi connectivity index (χ4n) is 4.12. The summed E-state index contributed by atoms with van der Waals surface area (Å²) in [7, 11) is -3.68. The standard InChI is InChI=1S/C24H28N2O3S/c1-3-29-19-10-13-22-21(16-19)24(26-14-6-4-5-7-15-26)23(17-25-22)30(27,28)20-11-8-18(2)9-12-20/h8-13,16-17H,3-7,14-15H2,1-2H3/p+1. The van der Waals surface area contributed by atoms with Gasteiger partial charge in [0.1, 0.15) is 5.75 Å². The highest BCUT2D eigenvalue weighted by Gasteiger charge is 2.30. The molecule has 1 N–H and O–H groups in total. The van der Waals surface area contributed by atoms with Crippen LogP contribution in [0, 0.1) is 6.92 Å². The Labute approximate surface area is 178 Å². The van der Waals surface area contributed by atoms with Gasteiger partial charge >= 0.3 is 0 Å². The number of pyridine rings is 1. The number of nitrogens with zero attached hydrogens (tertiary/aromatic N) is 1. The van der Waals surface area contributed by atoms with Gasteiger partial charge < -0.3 is 9.64 Å². The third-order valence-corrected chi connectivity index (χ3v) is 7.48. The van der Waals surface area contributed by atoms with E-state index in [1.807, 2.05) is 44.2 Å². The number of aromatic amines is 1. The van der Waals surface area contributed by atoms with E-state index in [2.05, 4.69) is 9.88 Å². The molecule has 1 aliphatic rings. The minimum absolute atomic E-state index is 0.317. The Morgan fingerprint density at radius 3 is 2.37 bits per heavy atom. The molecule has 1 fully saturated rings. The first-order valence-corrected chi connectivity index (χ1v) is 12.2. The summed E-state index contributed by atoms with van der Waals surface area (Å²) in [6, 6.07) is 12.9. The van der Waals surface area contributed by atoms with Crippen LogP contribution in [0.4, 0.5) is 5.69 Å². The zero-order valence-corrected chi connectivity index (χ0v) is 18.5. The van der Waals surface area contributed by atoms with Crippen LogP contribution in [-0.4, -0.2) is 28.1 Å². The Morgan fingerprint density at radius 2 is 1.70 bits per heavy atom. The quantitative estimate of drug-likeness (QED) is 0.601. The summed E-state index contributed by atoms with van der Waals surface area (Å²) in [6.07, 6.45) is 6.14. The van der Waals surface area contributed by atoms with E-state index in [0.717, 1.165) is 53.8 Å². The maximum absolute atomic E-state index is 13.7. The molecule has 30 heavy (non-hydrogen) atoms. The molecular formula is C24H29N2O3S+. The monoisotopic (exact) mass is 425 g/mol. The van der Waals surface area contributed by atoms with Gasteiger partial charge in [-0.1, -0.05) is 30.5 Å². The zero-order chi connectivity index (χ0) is 21.1. The number of aromatic nitrogens is 1. The van der Waals surface area contributed by atoms with Crippen molar-refractivity contribution in [2.75, 3.05) is 24.6 Å². The van der Waals surface area contributed by atoms with Crippen molar-refractivity contribution in [1.82, 2.24) is 0 Å². The summed E-state index contributed by atoms with van der Waals surface area (Å²) in [5.74, 6) is 0.749. The lowest BCUT2D eigenvalue weighted by atomic mass is 10.1. The molecule has 0 bridgehead atoms. The van der Waals surface area contributed by atoms with Crippen LogP contribution in [0.3, 0.4) is 0 Å². The van der Waals surface area contributed by atoms with Gasteiger partial charge in [-0.05, 0) is 51.0 Å². The van der Waals surface area contributed by atoms with Gasteiger partial charge in [0.15, 0.2) is 11.1 Å². The molecule has 0 amide bonds. The van der Waals surface area contributed by atoms with Crippen LogP contribution in [0.1, 0.15) is 38.2 Å². The van der Waals surface area contributed by atoms with Crippen LogP contribution in [-0.2, 0) is 9.84 Å². The molecule has 1 saturated heterocycles. The summed E-state index contributed by atoms with van der Waals surface area (Å²) >= 11 is 0. The number of aryl methyl sites for hydroxylation is 1. The second kappa shape index (κ2) is 8.64. The Bertz CT molecular complexity index is 1130. The SMILES string of the molecule is CCOc1ccc2[nH+]cc(S(=O)(=O)c3ccc(C)cc3)c(N3CCCCCC3)c2c1. The molecular weight excluding hydrogens is 396 g/mol. The average Bonchev–Trinajstić information content (AvgIpc) is 3.03. The minimum Gasteiger partial charge on any atom is -0.494 e. The molecule has 5 nitrogen and oxygen atoms in total. The first-order valence-electron chi connectivity index (χ1n) is 10.7.